The van der Waals surface area contributed by atoms with Crippen molar-refractivity contribution in [3.05, 3.63) is 58.9 Å². The van der Waals surface area contributed by atoms with E-state index in [-0.39, 0.29) is 48.0 Å². The maximum atomic E-state index is 12.6. The van der Waals surface area contributed by atoms with E-state index in [0.717, 1.165) is 36.8 Å². The predicted molar refractivity (Wildman–Crippen MR) is 134 cm³/mol. The van der Waals surface area contributed by atoms with E-state index in [1.54, 1.807) is 6.07 Å². The van der Waals surface area contributed by atoms with Crippen LogP contribution in [0.2, 0.25) is 0 Å². The molecule has 0 spiro atoms. The lowest BCUT2D eigenvalue weighted by Crippen LogP contribution is -2.44. The van der Waals surface area contributed by atoms with Crippen LogP contribution in [-0.2, 0) is 24.2 Å². The van der Waals surface area contributed by atoms with E-state index in [2.05, 4.69) is 15.6 Å². The van der Waals surface area contributed by atoms with Crippen molar-refractivity contribution in [2.24, 2.45) is 5.92 Å². The van der Waals surface area contributed by atoms with E-state index in [1.165, 1.54) is 6.07 Å². The van der Waals surface area contributed by atoms with Crippen molar-refractivity contribution in [1.29, 1.82) is 0 Å². The Labute approximate surface area is 207 Å². The highest BCUT2D eigenvalue weighted by atomic mass is 16.3. The van der Waals surface area contributed by atoms with E-state index < -0.39 is 12.7 Å². The largest absolute Gasteiger partial charge is 0.506 e. The maximum Gasteiger partial charge on any atom is 0.224 e. The molecule has 1 amide bonds. The molecule has 0 saturated heterocycles. The van der Waals surface area contributed by atoms with Crippen LogP contribution in [0.1, 0.15) is 68.1 Å². The zero-order valence-corrected chi connectivity index (χ0v) is 20.7. The standard InChI is InChI=1S/C27H39N3O5/c1-27(2,28-15-25(34)22-10-11-24(33)23(17-32)29-22)14-19-7-5-6-18(12-19)13-26(35)30-21-9-4-3-8-20(21)16-31/h5-7,10-12,20-21,25,28,31-34H,3-4,8-9,13-17H2,1-2H3,(H,30,35)/t20-,21-,25?/m1/s1. The molecule has 3 atom stereocenters. The molecule has 2 aromatic rings. The van der Waals surface area contributed by atoms with Crippen molar-refractivity contribution in [1.82, 2.24) is 15.6 Å². The first-order valence-corrected chi connectivity index (χ1v) is 12.4. The monoisotopic (exact) mass is 485 g/mol. The summed E-state index contributed by atoms with van der Waals surface area (Å²) < 4.78 is 0. The molecule has 0 radical (unpaired) electrons. The van der Waals surface area contributed by atoms with Crippen LogP contribution in [0.15, 0.2) is 36.4 Å². The van der Waals surface area contributed by atoms with E-state index >= 15 is 0 Å². The molecule has 1 aromatic heterocycles. The SMILES string of the molecule is CC(C)(Cc1cccc(CC(=O)N[C@@H]2CCCC[C@@H]2CO)c1)NCC(O)c1ccc(O)c(CO)n1. The molecule has 35 heavy (non-hydrogen) atoms. The van der Waals surface area contributed by atoms with E-state index in [1.807, 2.05) is 38.1 Å². The average Bonchev–Trinajstić information content (AvgIpc) is 2.83. The Morgan fingerprint density at radius 2 is 1.89 bits per heavy atom. The smallest absolute Gasteiger partial charge is 0.224 e. The van der Waals surface area contributed by atoms with E-state index in [4.69, 9.17) is 0 Å². The number of β-amino-alcohol motifs (C(OH)–C–C–N with tert-alkyl or cyclic N) is 1. The predicted octanol–water partition coefficient (Wildman–Crippen LogP) is 2.13. The lowest BCUT2D eigenvalue weighted by Gasteiger charge is -2.31. The quantitative estimate of drug-likeness (QED) is 0.287. The number of carbonyl (C=O) groups excluding carboxylic acids is 1. The summed E-state index contributed by atoms with van der Waals surface area (Å²) in [4.78, 5) is 16.8. The van der Waals surface area contributed by atoms with Crippen molar-refractivity contribution in [3.63, 3.8) is 0 Å². The minimum atomic E-state index is -0.891. The summed E-state index contributed by atoms with van der Waals surface area (Å²) in [5.74, 6) is 0.0298. The fraction of sp³-hybridized carbons (Fsp3) is 0.556. The van der Waals surface area contributed by atoms with Gasteiger partial charge in [-0.25, -0.2) is 4.98 Å². The van der Waals surface area contributed by atoms with Crippen molar-refractivity contribution >= 4 is 5.91 Å². The molecular weight excluding hydrogens is 446 g/mol. The van der Waals surface area contributed by atoms with Crippen molar-refractivity contribution in [3.8, 4) is 5.75 Å². The molecule has 1 aliphatic carbocycles. The molecule has 0 aliphatic heterocycles. The summed E-state index contributed by atoms with van der Waals surface area (Å²) in [5.41, 5.74) is 2.20. The Kier molecular flexibility index (Phi) is 9.63. The normalized spacial score (nSPS) is 19.3. The number of nitrogens with one attached hydrogen (secondary N) is 2. The lowest BCUT2D eigenvalue weighted by atomic mass is 9.85. The molecule has 192 valence electrons. The Bertz CT molecular complexity index is 981. The Balaban J connectivity index is 1.54. The number of hydrogen-bond acceptors (Lipinski definition) is 7. The van der Waals surface area contributed by atoms with Gasteiger partial charge >= 0.3 is 0 Å². The first-order valence-electron chi connectivity index (χ1n) is 12.4. The number of aliphatic hydroxyl groups is 3. The molecule has 1 heterocycles. The van der Waals surface area contributed by atoms with Gasteiger partial charge in [0, 0.05) is 30.7 Å². The minimum Gasteiger partial charge on any atom is -0.506 e. The summed E-state index contributed by atoms with van der Waals surface area (Å²) in [6, 6.07) is 11.0. The zero-order chi connectivity index (χ0) is 25.4. The molecule has 6 N–H and O–H groups in total. The third-order valence-electron chi connectivity index (χ3n) is 6.73. The lowest BCUT2D eigenvalue weighted by molar-refractivity contribution is -0.121. The number of carbonyl (C=O) groups is 1. The number of nitrogens with zero attached hydrogens (tertiary/aromatic N) is 1. The first kappa shape index (κ1) is 27.1. The molecule has 1 saturated carbocycles. The average molecular weight is 486 g/mol. The third-order valence-corrected chi connectivity index (χ3v) is 6.73. The van der Waals surface area contributed by atoms with Gasteiger partial charge in [0.25, 0.3) is 0 Å². The van der Waals surface area contributed by atoms with Crippen molar-refractivity contribution < 1.29 is 25.2 Å². The summed E-state index contributed by atoms with van der Waals surface area (Å²) in [5, 5.41) is 45.5. The first-order chi connectivity index (χ1) is 16.7. The van der Waals surface area contributed by atoms with Crippen LogP contribution in [0.3, 0.4) is 0 Å². The van der Waals surface area contributed by atoms with Gasteiger partial charge in [-0.3, -0.25) is 4.79 Å². The van der Waals surface area contributed by atoms with Crippen molar-refractivity contribution in [2.45, 2.75) is 76.7 Å². The fourth-order valence-corrected chi connectivity index (χ4v) is 4.77. The summed E-state index contributed by atoms with van der Waals surface area (Å²) >= 11 is 0. The zero-order valence-electron chi connectivity index (χ0n) is 20.7. The van der Waals surface area contributed by atoms with Crippen LogP contribution in [0, 0.1) is 5.92 Å². The number of rotatable bonds is 11. The van der Waals surface area contributed by atoms with Gasteiger partial charge in [-0.2, -0.15) is 0 Å². The molecule has 0 bridgehead atoms. The highest BCUT2D eigenvalue weighted by Crippen LogP contribution is 2.24. The van der Waals surface area contributed by atoms with Gasteiger partial charge in [-0.05, 0) is 56.4 Å². The van der Waals surface area contributed by atoms with Gasteiger partial charge in [-0.1, -0.05) is 37.1 Å². The third kappa shape index (κ3) is 8.00. The molecule has 1 aliphatic rings. The number of aliphatic hydroxyl groups excluding tert-OH is 3. The van der Waals surface area contributed by atoms with Gasteiger partial charge in [0.1, 0.15) is 17.5 Å². The second-order valence-corrected chi connectivity index (χ2v) is 10.2. The van der Waals surface area contributed by atoms with Gasteiger partial charge < -0.3 is 31.1 Å². The highest BCUT2D eigenvalue weighted by Gasteiger charge is 2.26. The van der Waals surface area contributed by atoms with Crippen LogP contribution in [0.5, 0.6) is 5.75 Å². The number of aromatic nitrogens is 1. The van der Waals surface area contributed by atoms with Crippen LogP contribution < -0.4 is 10.6 Å². The number of benzene rings is 1. The molecule has 8 heteroatoms. The summed E-state index contributed by atoms with van der Waals surface area (Å²) in [7, 11) is 0. The fourth-order valence-electron chi connectivity index (χ4n) is 4.77. The Hall–Kier alpha value is -2.52. The van der Waals surface area contributed by atoms with Crippen LogP contribution >= 0.6 is 0 Å². The summed E-state index contributed by atoms with van der Waals surface area (Å²) in [6.07, 6.45) is 4.17. The van der Waals surface area contributed by atoms with Gasteiger partial charge in [-0.15, -0.1) is 0 Å². The molecule has 1 fully saturated rings. The summed E-state index contributed by atoms with van der Waals surface area (Å²) in [6.45, 7) is 4.05. The number of pyridine rings is 1. The second kappa shape index (κ2) is 12.4. The van der Waals surface area contributed by atoms with Crippen LogP contribution in [0.4, 0.5) is 0 Å². The molecule has 1 unspecified atom stereocenters. The number of amides is 1. The maximum absolute atomic E-state index is 12.6. The van der Waals surface area contributed by atoms with Gasteiger partial charge in [0.15, 0.2) is 0 Å². The highest BCUT2D eigenvalue weighted by molar-refractivity contribution is 5.79. The van der Waals surface area contributed by atoms with Gasteiger partial charge in [0.2, 0.25) is 5.91 Å². The molecular formula is C27H39N3O5. The minimum absolute atomic E-state index is 0.0170. The van der Waals surface area contributed by atoms with Gasteiger partial charge in [0.05, 0.1) is 18.7 Å². The van der Waals surface area contributed by atoms with E-state index in [0.29, 0.717) is 18.5 Å². The number of hydrogen-bond donors (Lipinski definition) is 6. The Morgan fingerprint density at radius 3 is 2.63 bits per heavy atom. The van der Waals surface area contributed by atoms with Crippen molar-refractivity contribution in [2.75, 3.05) is 13.2 Å². The van der Waals surface area contributed by atoms with Crippen LogP contribution in [0.25, 0.3) is 0 Å². The topological polar surface area (TPSA) is 135 Å². The van der Waals surface area contributed by atoms with Crippen LogP contribution in [-0.4, -0.2) is 56.0 Å². The number of aromatic hydroxyl groups is 1. The molecule has 8 nitrogen and oxygen atoms in total. The molecule has 1 aromatic carbocycles. The Morgan fingerprint density at radius 1 is 1.14 bits per heavy atom. The second-order valence-electron chi connectivity index (χ2n) is 10.2. The molecule has 3 rings (SSSR count). The van der Waals surface area contributed by atoms with E-state index in [9.17, 15) is 25.2 Å².